The van der Waals surface area contributed by atoms with Crippen molar-refractivity contribution in [3.63, 3.8) is 0 Å². The Balaban J connectivity index is 2.41. The summed E-state index contributed by atoms with van der Waals surface area (Å²) in [6.07, 6.45) is 2.08. The van der Waals surface area contributed by atoms with E-state index in [-0.39, 0.29) is 6.10 Å². The van der Waals surface area contributed by atoms with Crippen LogP contribution in [0.15, 0.2) is 0 Å². The summed E-state index contributed by atoms with van der Waals surface area (Å²) in [6.45, 7) is 6.30. The number of likely N-dealkylation sites (N-methyl/N-ethyl adjacent to an activating group) is 1. The molecule has 0 amide bonds. The third kappa shape index (κ3) is 1.50. The molecule has 1 fully saturated rings. The molecule has 60 valence electrons. The molecule has 1 rings (SSSR count). The van der Waals surface area contributed by atoms with Crippen LogP contribution in [0.1, 0.15) is 26.7 Å². The summed E-state index contributed by atoms with van der Waals surface area (Å²) in [6, 6.07) is 0.639. The van der Waals surface area contributed by atoms with Gasteiger partial charge in [-0.2, -0.15) is 0 Å². The van der Waals surface area contributed by atoms with Gasteiger partial charge in [0.2, 0.25) is 0 Å². The monoisotopic (exact) mass is 143 g/mol. The van der Waals surface area contributed by atoms with Crippen LogP contribution in [0.25, 0.3) is 0 Å². The SMILES string of the molecule is CC[C@H]1C[C@H](O)CN1CC. The van der Waals surface area contributed by atoms with Crippen molar-refractivity contribution in [2.45, 2.75) is 38.8 Å². The third-order valence-corrected chi connectivity index (χ3v) is 2.38. The minimum absolute atomic E-state index is 0.0649. The van der Waals surface area contributed by atoms with Gasteiger partial charge in [0.25, 0.3) is 0 Å². The van der Waals surface area contributed by atoms with Gasteiger partial charge in [-0.25, -0.2) is 0 Å². The van der Waals surface area contributed by atoms with Gasteiger partial charge < -0.3 is 5.11 Å². The van der Waals surface area contributed by atoms with E-state index >= 15 is 0 Å². The summed E-state index contributed by atoms with van der Waals surface area (Å²) >= 11 is 0. The predicted octanol–water partition coefficient (Wildman–Crippen LogP) is 0.851. The molecule has 0 unspecified atom stereocenters. The Hall–Kier alpha value is -0.0800. The molecule has 1 N–H and O–H groups in total. The molecular formula is C8H17NO. The Morgan fingerprint density at radius 1 is 1.50 bits per heavy atom. The standard InChI is InChI=1S/C8H17NO/c1-3-7-5-8(10)6-9(7)4-2/h7-8,10H,3-6H2,1-2H3/t7-,8-/m0/s1. The Morgan fingerprint density at radius 3 is 2.60 bits per heavy atom. The average molecular weight is 143 g/mol. The zero-order chi connectivity index (χ0) is 7.56. The lowest BCUT2D eigenvalue weighted by Crippen LogP contribution is -2.28. The summed E-state index contributed by atoms with van der Waals surface area (Å²) in [5.74, 6) is 0. The lowest BCUT2D eigenvalue weighted by atomic mass is 10.1. The number of β-amino-alcohol motifs (C(OH)–C–C–N with tert-alkyl or cyclic N) is 1. The van der Waals surface area contributed by atoms with Crippen LogP contribution in [0, 0.1) is 0 Å². The number of likely N-dealkylation sites (tertiary alicyclic amines) is 1. The van der Waals surface area contributed by atoms with Gasteiger partial charge in [-0.3, -0.25) is 4.90 Å². The molecule has 1 heterocycles. The fourth-order valence-electron chi connectivity index (χ4n) is 1.77. The van der Waals surface area contributed by atoms with Gasteiger partial charge in [0.05, 0.1) is 6.10 Å². The molecule has 0 aliphatic carbocycles. The van der Waals surface area contributed by atoms with Gasteiger partial charge in [0, 0.05) is 12.6 Å². The van der Waals surface area contributed by atoms with Crippen molar-refractivity contribution in [3.05, 3.63) is 0 Å². The summed E-state index contributed by atoms with van der Waals surface area (Å²) in [4.78, 5) is 2.35. The average Bonchev–Trinajstić information content (AvgIpc) is 2.30. The van der Waals surface area contributed by atoms with Crippen molar-refractivity contribution in [2.24, 2.45) is 0 Å². The van der Waals surface area contributed by atoms with Crippen LogP contribution in [-0.4, -0.2) is 35.2 Å². The molecule has 0 aromatic carbocycles. The number of hydrogen-bond donors (Lipinski definition) is 1. The van der Waals surface area contributed by atoms with E-state index < -0.39 is 0 Å². The molecule has 0 spiro atoms. The van der Waals surface area contributed by atoms with Crippen LogP contribution in [0.4, 0.5) is 0 Å². The second-order valence-electron chi connectivity index (χ2n) is 3.04. The van der Waals surface area contributed by atoms with Crippen molar-refractivity contribution in [1.29, 1.82) is 0 Å². The Labute approximate surface area is 62.8 Å². The zero-order valence-electron chi connectivity index (χ0n) is 6.88. The number of nitrogens with zero attached hydrogens (tertiary/aromatic N) is 1. The van der Waals surface area contributed by atoms with Crippen molar-refractivity contribution < 1.29 is 5.11 Å². The lowest BCUT2D eigenvalue weighted by molar-refractivity contribution is 0.177. The second-order valence-corrected chi connectivity index (χ2v) is 3.04. The van der Waals surface area contributed by atoms with E-state index in [4.69, 9.17) is 0 Å². The molecule has 0 radical (unpaired) electrons. The molecular weight excluding hydrogens is 126 g/mol. The molecule has 10 heavy (non-hydrogen) atoms. The molecule has 0 bridgehead atoms. The van der Waals surface area contributed by atoms with Gasteiger partial charge in [-0.15, -0.1) is 0 Å². The quantitative estimate of drug-likeness (QED) is 0.619. The summed E-state index contributed by atoms with van der Waals surface area (Å²) < 4.78 is 0. The first-order chi connectivity index (χ1) is 4.77. The molecule has 2 nitrogen and oxygen atoms in total. The highest BCUT2D eigenvalue weighted by Crippen LogP contribution is 2.19. The molecule has 1 aliphatic rings. The molecule has 0 aromatic rings. The number of hydrogen-bond acceptors (Lipinski definition) is 2. The molecule has 2 heteroatoms. The Bertz CT molecular complexity index is 93.4. The normalized spacial score (nSPS) is 35.1. The molecule has 2 atom stereocenters. The molecule has 0 aromatic heterocycles. The smallest absolute Gasteiger partial charge is 0.0682 e. The largest absolute Gasteiger partial charge is 0.392 e. The number of rotatable bonds is 2. The number of aliphatic hydroxyl groups is 1. The van der Waals surface area contributed by atoms with Gasteiger partial charge in [-0.05, 0) is 19.4 Å². The van der Waals surface area contributed by atoms with E-state index in [1.807, 2.05) is 0 Å². The Kier molecular flexibility index (Phi) is 2.69. The van der Waals surface area contributed by atoms with Crippen LogP contribution < -0.4 is 0 Å². The highest BCUT2D eigenvalue weighted by molar-refractivity contribution is 4.82. The van der Waals surface area contributed by atoms with Gasteiger partial charge in [-0.1, -0.05) is 13.8 Å². The summed E-state index contributed by atoms with van der Waals surface area (Å²) in [5.41, 5.74) is 0. The van der Waals surface area contributed by atoms with E-state index in [0.717, 1.165) is 19.5 Å². The molecule has 1 aliphatic heterocycles. The van der Waals surface area contributed by atoms with Crippen molar-refractivity contribution >= 4 is 0 Å². The van der Waals surface area contributed by atoms with Gasteiger partial charge >= 0.3 is 0 Å². The van der Waals surface area contributed by atoms with Crippen LogP contribution in [0.2, 0.25) is 0 Å². The minimum atomic E-state index is -0.0649. The Morgan fingerprint density at radius 2 is 2.20 bits per heavy atom. The highest BCUT2D eigenvalue weighted by Gasteiger charge is 2.27. The van der Waals surface area contributed by atoms with Crippen molar-refractivity contribution in [1.82, 2.24) is 4.90 Å². The fourth-order valence-corrected chi connectivity index (χ4v) is 1.77. The third-order valence-electron chi connectivity index (χ3n) is 2.38. The first-order valence-corrected chi connectivity index (χ1v) is 4.20. The first-order valence-electron chi connectivity index (χ1n) is 4.20. The number of aliphatic hydroxyl groups excluding tert-OH is 1. The van der Waals surface area contributed by atoms with Crippen LogP contribution in [0.3, 0.4) is 0 Å². The van der Waals surface area contributed by atoms with Crippen LogP contribution >= 0.6 is 0 Å². The zero-order valence-corrected chi connectivity index (χ0v) is 6.88. The maximum Gasteiger partial charge on any atom is 0.0682 e. The van der Waals surface area contributed by atoms with Gasteiger partial charge in [0.15, 0.2) is 0 Å². The lowest BCUT2D eigenvalue weighted by Gasteiger charge is -2.20. The minimum Gasteiger partial charge on any atom is -0.392 e. The van der Waals surface area contributed by atoms with Gasteiger partial charge in [0.1, 0.15) is 0 Å². The summed E-state index contributed by atoms with van der Waals surface area (Å²) in [7, 11) is 0. The second kappa shape index (κ2) is 3.35. The maximum absolute atomic E-state index is 9.29. The fraction of sp³-hybridized carbons (Fsp3) is 1.00. The van der Waals surface area contributed by atoms with E-state index in [1.54, 1.807) is 0 Å². The van der Waals surface area contributed by atoms with Crippen LogP contribution in [-0.2, 0) is 0 Å². The topological polar surface area (TPSA) is 23.5 Å². The van der Waals surface area contributed by atoms with Crippen molar-refractivity contribution in [3.8, 4) is 0 Å². The highest BCUT2D eigenvalue weighted by atomic mass is 16.3. The van der Waals surface area contributed by atoms with Crippen LogP contribution in [0.5, 0.6) is 0 Å². The maximum atomic E-state index is 9.29. The van der Waals surface area contributed by atoms with E-state index in [1.165, 1.54) is 6.42 Å². The van der Waals surface area contributed by atoms with E-state index in [9.17, 15) is 5.11 Å². The predicted molar refractivity (Wildman–Crippen MR) is 41.9 cm³/mol. The molecule has 0 saturated carbocycles. The van der Waals surface area contributed by atoms with E-state index in [2.05, 4.69) is 18.7 Å². The first kappa shape index (κ1) is 8.02. The van der Waals surface area contributed by atoms with Crippen molar-refractivity contribution in [2.75, 3.05) is 13.1 Å². The van der Waals surface area contributed by atoms with E-state index in [0.29, 0.717) is 6.04 Å². The summed E-state index contributed by atoms with van der Waals surface area (Å²) in [5, 5.41) is 9.29. The molecule has 1 saturated heterocycles.